The minimum Gasteiger partial charge on any atom is -0.486 e. The van der Waals surface area contributed by atoms with Crippen LogP contribution >= 0.6 is 0 Å². The Morgan fingerprint density at radius 3 is 2.04 bits per heavy atom. The Labute approximate surface area is 143 Å². The van der Waals surface area contributed by atoms with Crippen molar-refractivity contribution in [3.05, 3.63) is 52.8 Å². The van der Waals surface area contributed by atoms with Gasteiger partial charge in [-0.25, -0.2) is 13.2 Å². The first-order valence-electron chi connectivity index (χ1n) is 7.25. The third-order valence-corrected chi connectivity index (χ3v) is 3.11. The smallest absolute Gasteiger partial charge is 0.186 e. The van der Waals surface area contributed by atoms with E-state index in [4.69, 9.17) is 15.3 Å². The molecule has 1 N–H and O–H groups in total. The minimum atomic E-state index is -1.59. The summed E-state index contributed by atoms with van der Waals surface area (Å²) in [5, 5.41) is 20.2. The van der Waals surface area contributed by atoms with Crippen molar-refractivity contribution in [3.8, 4) is 17.9 Å². The summed E-state index contributed by atoms with van der Waals surface area (Å²) in [6, 6.07) is 9.01. The molecule has 7 heteroatoms. The number of hydrogen-bond donors (Lipinski definition) is 1. The molecule has 0 aliphatic rings. The van der Waals surface area contributed by atoms with E-state index in [0.29, 0.717) is 0 Å². The Balaban J connectivity index is 2.59. The molecule has 4 nitrogen and oxygen atoms in total. The monoisotopic (exact) mass is 345 g/mol. The molecule has 0 fully saturated rings. The summed E-state index contributed by atoms with van der Waals surface area (Å²) in [7, 11) is 0. The van der Waals surface area contributed by atoms with Gasteiger partial charge in [0.2, 0.25) is 0 Å². The van der Waals surface area contributed by atoms with Crippen molar-refractivity contribution in [2.75, 3.05) is 5.32 Å². The topological polar surface area (TPSA) is 68.8 Å². The lowest BCUT2D eigenvalue weighted by Gasteiger charge is -2.23. The fourth-order valence-electron chi connectivity index (χ4n) is 2.10. The molecular weight excluding hydrogens is 331 g/mol. The van der Waals surface area contributed by atoms with Crippen molar-refractivity contribution in [2.45, 2.75) is 26.4 Å². The molecule has 0 spiro atoms. The molecule has 0 radical (unpaired) electrons. The van der Waals surface area contributed by atoms with Crippen molar-refractivity contribution in [2.24, 2.45) is 0 Å². The summed E-state index contributed by atoms with van der Waals surface area (Å²) < 4.78 is 48.3. The van der Waals surface area contributed by atoms with Crippen molar-refractivity contribution < 1.29 is 17.9 Å². The summed E-state index contributed by atoms with van der Waals surface area (Å²) >= 11 is 0. The molecular formula is C18H14F3N3O. The van der Waals surface area contributed by atoms with Crippen LogP contribution in [0, 0.1) is 40.1 Å². The maximum absolute atomic E-state index is 14.4. The highest BCUT2D eigenvalue weighted by molar-refractivity contribution is 5.70. The lowest BCUT2D eigenvalue weighted by Crippen LogP contribution is -2.23. The predicted molar refractivity (Wildman–Crippen MR) is 85.9 cm³/mol. The Kier molecular flexibility index (Phi) is 4.89. The highest BCUT2D eigenvalue weighted by Gasteiger charge is 2.26. The number of hydrogen-bond acceptors (Lipinski definition) is 4. The number of nitrogens with one attached hydrogen (secondary N) is 1. The second-order valence-electron chi connectivity index (χ2n) is 6.13. The Hall–Kier alpha value is -3.19. The van der Waals surface area contributed by atoms with Crippen LogP contribution in [-0.2, 0) is 0 Å². The first-order valence-corrected chi connectivity index (χ1v) is 7.25. The summed E-state index contributed by atoms with van der Waals surface area (Å²) in [6.45, 7) is 5.38. The van der Waals surface area contributed by atoms with Gasteiger partial charge in [0.1, 0.15) is 40.3 Å². The molecule has 25 heavy (non-hydrogen) atoms. The molecule has 2 aromatic rings. The molecule has 0 aliphatic carbocycles. The maximum Gasteiger partial charge on any atom is 0.186 e. The van der Waals surface area contributed by atoms with E-state index in [1.54, 1.807) is 39.0 Å². The average molecular weight is 345 g/mol. The van der Waals surface area contributed by atoms with Gasteiger partial charge in [-0.1, -0.05) is 12.1 Å². The number of rotatable bonds is 3. The zero-order valence-electron chi connectivity index (χ0n) is 13.7. The lowest BCUT2D eigenvalue weighted by molar-refractivity contribution is 0.132. The van der Waals surface area contributed by atoms with Gasteiger partial charge in [0, 0.05) is 0 Å². The van der Waals surface area contributed by atoms with Crippen LogP contribution in [0.1, 0.15) is 31.9 Å². The van der Waals surface area contributed by atoms with Crippen LogP contribution in [0.2, 0.25) is 0 Å². The second kappa shape index (κ2) is 6.74. The molecule has 0 bridgehead atoms. The van der Waals surface area contributed by atoms with Gasteiger partial charge in [-0.3, -0.25) is 0 Å². The van der Waals surface area contributed by atoms with Gasteiger partial charge in [0.25, 0.3) is 0 Å². The molecule has 0 atom stereocenters. The molecule has 0 heterocycles. The number of anilines is 2. The molecule has 2 aromatic carbocycles. The van der Waals surface area contributed by atoms with Gasteiger partial charge in [-0.15, -0.1) is 0 Å². The van der Waals surface area contributed by atoms with Crippen LogP contribution in [0.3, 0.4) is 0 Å². The minimum absolute atomic E-state index is 0.184. The highest BCUT2D eigenvalue weighted by atomic mass is 19.2. The zero-order valence-corrected chi connectivity index (χ0v) is 13.7. The number of benzene rings is 2. The zero-order chi connectivity index (χ0) is 18.8. The Bertz CT molecular complexity index is 906. The molecule has 0 saturated heterocycles. The molecule has 0 aromatic heterocycles. The van der Waals surface area contributed by atoms with Crippen LogP contribution in [0.4, 0.5) is 24.5 Å². The SMILES string of the molecule is CC(C)(C)Oc1ccccc1Nc1c(F)c(F)c(C#N)c(C#N)c1F. The molecule has 0 unspecified atom stereocenters. The van der Waals surface area contributed by atoms with Gasteiger partial charge in [-0.2, -0.15) is 10.5 Å². The highest BCUT2D eigenvalue weighted by Crippen LogP contribution is 2.35. The quantitative estimate of drug-likeness (QED) is 0.814. The molecule has 128 valence electrons. The first kappa shape index (κ1) is 18.2. The Morgan fingerprint density at radius 1 is 0.920 bits per heavy atom. The lowest BCUT2D eigenvalue weighted by atomic mass is 10.1. The third-order valence-electron chi connectivity index (χ3n) is 3.11. The van der Waals surface area contributed by atoms with Crippen molar-refractivity contribution in [1.82, 2.24) is 0 Å². The van der Waals surface area contributed by atoms with E-state index in [9.17, 15) is 13.2 Å². The summed E-state index contributed by atoms with van der Waals surface area (Å²) in [4.78, 5) is 0. The maximum atomic E-state index is 14.4. The normalized spacial score (nSPS) is 10.7. The van der Waals surface area contributed by atoms with Crippen LogP contribution in [0.25, 0.3) is 0 Å². The molecule has 0 aliphatic heterocycles. The van der Waals surface area contributed by atoms with E-state index >= 15 is 0 Å². The summed E-state index contributed by atoms with van der Waals surface area (Å²) in [6.07, 6.45) is 0. The third kappa shape index (κ3) is 3.67. The Morgan fingerprint density at radius 2 is 1.48 bits per heavy atom. The van der Waals surface area contributed by atoms with E-state index < -0.39 is 39.9 Å². The fourth-order valence-corrected chi connectivity index (χ4v) is 2.10. The summed E-state index contributed by atoms with van der Waals surface area (Å²) in [5.41, 5.74) is -3.09. The molecule has 2 rings (SSSR count). The number of nitriles is 2. The molecule has 0 saturated carbocycles. The van der Waals surface area contributed by atoms with Gasteiger partial charge in [-0.05, 0) is 32.9 Å². The average Bonchev–Trinajstić information content (AvgIpc) is 2.54. The number of para-hydroxylation sites is 2. The largest absolute Gasteiger partial charge is 0.486 e. The van der Waals surface area contributed by atoms with E-state index in [1.807, 2.05) is 0 Å². The van der Waals surface area contributed by atoms with Gasteiger partial charge in [0.15, 0.2) is 17.5 Å². The summed E-state index contributed by atoms with van der Waals surface area (Å²) in [5.74, 6) is -4.23. The van der Waals surface area contributed by atoms with Gasteiger partial charge in [0.05, 0.1) is 5.69 Å². The van der Waals surface area contributed by atoms with Crippen LogP contribution in [0.15, 0.2) is 24.3 Å². The predicted octanol–water partition coefficient (Wildman–Crippen LogP) is 4.77. The number of nitrogens with zero attached hydrogens (tertiary/aromatic N) is 2. The van der Waals surface area contributed by atoms with E-state index in [-0.39, 0.29) is 11.4 Å². The van der Waals surface area contributed by atoms with E-state index in [1.165, 1.54) is 18.2 Å². The van der Waals surface area contributed by atoms with E-state index in [2.05, 4.69) is 5.32 Å². The van der Waals surface area contributed by atoms with Crippen molar-refractivity contribution >= 4 is 11.4 Å². The van der Waals surface area contributed by atoms with Gasteiger partial charge < -0.3 is 10.1 Å². The van der Waals surface area contributed by atoms with Crippen LogP contribution in [0.5, 0.6) is 5.75 Å². The van der Waals surface area contributed by atoms with Crippen LogP contribution in [-0.4, -0.2) is 5.60 Å². The van der Waals surface area contributed by atoms with Gasteiger partial charge >= 0.3 is 0 Å². The standard InChI is InChI=1S/C18H14F3N3O/c1-18(2,3)25-13-7-5-4-6-12(13)24-17-15(20)11(9-23)10(8-22)14(19)16(17)21/h4-7,24H,1-3H3. The first-order chi connectivity index (χ1) is 11.7. The number of ether oxygens (including phenoxy) is 1. The van der Waals surface area contributed by atoms with Crippen molar-refractivity contribution in [1.29, 1.82) is 10.5 Å². The van der Waals surface area contributed by atoms with E-state index in [0.717, 1.165) is 0 Å². The fraction of sp³-hybridized carbons (Fsp3) is 0.222. The molecule has 0 amide bonds. The van der Waals surface area contributed by atoms with Crippen molar-refractivity contribution in [3.63, 3.8) is 0 Å². The number of halogens is 3. The van der Waals surface area contributed by atoms with Crippen LogP contribution < -0.4 is 10.1 Å². The second-order valence-corrected chi connectivity index (χ2v) is 6.13.